The number of hydrogen-bond donors (Lipinski definition) is 0. The van der Waals surface area contributed by atoms with Crippen molar-refractivity contribution in [3.63, 3.8) is 0 Å². The van der Waals surface area contributed by atoms with Gasteiger partial charge in [-0.25, -0.2) is 15.0 Å². The van der Waals surface area contributed by atoms with E-state index in [2.05, 4.69) is 108 Å². The maximum absolute atomic E-state index is 4.93. The summed E-state index contributed by atoms with van der Waals surface area (Å²) in [5, 5.41) is 0. The summed E-state index contributed by atoms with van der Waals surface area (Å²) in [6.45, 7) is 0. The lowest BCUT2D eigenvalue weighted by molar-refractivity contribution is 1.07. The van der Waals surface area contributed by atoms with Gasteiger partial charge in [-0.1, -0.05) is 133 Å². The van der Waals surface area contributed by atoms with Crippen LogP contribution in [0.15, 0.2) is 158 Å². The molecule has 0 aliphatic carbocycles. The van der Waals surface area contributed by atoms with E-state index in [1.165, 1.54) is 5.56 Å². The van der Waals surface area contributed by atoms with E-state index < -0.39 is 0 Å². The summed E-state index contributed by atoms with van der Waals surface area (Å²) < 4.78 is 0. The van der Waals surface area contributed by atoms with Crippen molar-refractivity contribution in [1.29, 1.82) is 0 Å². The predicted octanol–water partition coefficient (Wildman–Crippen LogP) is 9.27. The van der Waals surface area contributed by atoms with Gasteiger partial charge in [0.25, 0.3) is 0 Å². The van der Waals surface area contributed by atoms with E-state index in [1.807, 2.05) is 48.7 Å². The number of pyridine rings is 1. The van der Waals surface area contributed by atoms with Crippen LogP contribution in [-0.4, -0.2) is 19.9 Å². The molecular formula is C38H26N4. The van der Waals surface area contributed by atoms with Crippen LogP contribution in [0.1, 0.15) is 0 Å². The minimum absolute atomic E-state index is 0.640. The van der Waals surface area contributed by atoms with Crippen molar-refractivity contribution in [3.8, 4) is 67.5 Å². The molecule has 0 amide bonds. The van der Waals surface area contributed by atoms with Gasteiger partial charge in [0, 0.05) is 34.6 Å². The first-order valence-corrected chi connectivity index (χ1v) is 13.9. The van der Waals surface area contributed by atoms with Gasteiger partial charge in [-0.15, -0.1) is 0 Å². The molecule has 7 aromatic rings. The number of nitrogens with zero attached hydrogens (tertiary/aromatic N) is 4. The van der Waals surface area contributed by atoms with E-state index in [4.69, 9.17) is 15.0 Å². The van der Waals surface area contributed by atoms with Crippen molar-refractivity contribution in [2.24, 2.45) is 0 Å². The largest absolute Gasteiger partial charge is 0.264 e. The fourth-order valence-electron chi connectivity index (χ4n) is 5.02. The van der Waals surface area contributed by atoms with Crippen LogP contribution in [0.2, 0.25) is 0 Å². The van der Waals surface area contributed by atoms with Gasteiger partial charge in [0.2, 0.25) is 0 Å². The highest BCUT2D eigenvalue weighted by Gasteiger charge is 2.13. The predicted molar refractivity (Wildman–Crippen MR) is 170 cm³/mol. The fraction of sp³-hybridized carbons (Fsp3) is 0. The Morgan fingerprint density at radius 2 is 0.667 bits per heavy atom. The van der Waals surface area contributed by atoms with Gasteiger partial charge in [-0.2, -0.15) is 0 Å². The second kappa shape index (κ2) is 11.4. The van der Waals surface area contributed by atoms with Gasteiger partial charge >= 0.3 is 0 Å². The number of hydrogen-bond acceptors (Lipinski definition) is 4. The summed E-state index contributed by atoms with van der Waals surface area (Å²) >= 11 is 0. The van der Waals surface area contributed by atoms with Gasteiger partial charge in [0.05, 0.1) is 0 Å². The molecule has 0 aliphatic rings. The molecule has 0 fully saturated rings. The molecule has 0 bridgehead atoms. The zero-order valence-corrected chi connectivity index (χ0v) is 22.8. The van der Waals surface area contributed by atoms with Gasteiger partial charge < -0.3 is 0 Å². The van der Waals surface area contributed by atoms with Crippen LogP contribution in [0, 0.1) is 0 Å². The van der Waals surface area contributed by atoms with E-state index in [0.717, 1.165) is 44.5 Å². The second-order valence-electron chi connectivity index (χ2n) is 10.0. The molecule has 0 unspecified atom stereocenters. The molecule has 4 heteroatoms. The van der Waals surface area contributed by atoms with Crippen LogP contribution in [0.5, 0.6) is 0 Å². The Morgan fingerprint density at radius 3 is 1.19 bits per heavy atom. The molecule has 2 heterocycles. The van der Waals surface area contributed by atoms with Crippen LogP contribution in [0.3, 0.4) is 0 Å². The molecule has 7 rings (SSSR count). The quantitative estimate of drug-likeness (QED) is 0.212. The van der Waals surface area contributed by atoms with E-state index in [-0.39, 0.29) is 0 Å². The zero-order valence-electron chi connectivity index (χ0n) is 22.8. The Labute approximate surface area is 245 Å². The molecule has 2 aromatic heterocycles. The Bertz CT molecular complexity index is 1940. The molecule has 42 heavy (non-hydrogen) atoms. The summed E-state index contributed by atoms with van der Waals surface area (Å²) in [5.74, 6) is 1.93. The van der Waals surface area contributed by atoms with Crippen LogP contribution >= 0.6 is 0 Å². The maximum atomic E-state index is 4.93. The average molecular weight is 539 g/mol. The molecule has 0 saturated heterocycles. The van der Waals surface area contributed by atoms with Crippen LogP contribution in [0.25, 0.3) is 67.5 Å². The highest BCUT2D eigenvalue weighted by atomic mass is 15.0. The Morgan fingerprint density at radius 1 is 0.286 bits per heavy atom. The third-order valence-corrected chi connectivity index (χ3v) is 7.25. The molecule has 0 spiro atoms. The van der Waals surface area contributed by atoms with Crippen LogP contribution in [0.4, 0.5) is 0 Å². The van der Waals surface area contributed by atoms with E-state index >= 15 is 0 Å². The summed E-state index contributed by atoms with van der Waals surface area (Å²) in [4.78, 5) is 19.0. The molecule has 4 nitrogen and oxygen atoms in total. The first kappa shape index (κ1) is 25.2. The highest BCUT2D eigenvalue weighted by Crippen LogP contribution is 2.30. The Kier molecular flexibility index (Phi) is 6.85. The summed E-state index contributed by atoms with van der Waals surface area (Å²) in [6, 6.07) is 49.8. The molecule has 0 saturated carbocycles. The van der Waals surface area contributed by atoms with Crippen molar-refractivity contribution >= 4 is 0 Å². The minimum atomic E-state index is 0.640. The van der Waals surface area contributed by atoms with E-state index in [1.54, 1.807) is 6.20 Å². The third kappa shape index (κ3) is 5.34. The standard InChI is InChI=1S/C38H26N4/c1-3-9-27(10-4-1)28-16-20-31(21-17-28)37-40-36(30-11-5-2-6-12-30)41-38(42-37)32-22-18-29(19-23-32)33-13-7-14-34(25-33)35-15-8-24-39-26-35/h1-26H. The first-order valence-electron chi connectivity index (χ1n) is 13.9. The second-order valence-corrected chi connectivity index (χ2v) is 10.0. The lowest BCUT2D eigenvalue weighted by Crippen LogP contribution is -2.00. The van der Waals surface area contributed by atoms with Crippen molar-refractivity contribution in [3.05, 3.63) is 158 Å². The van der Waals surface area contributed by atoms with Crippen molar-refractivity contribution in [2.75, 3.05) is 0 Å². The molecule has 0 radical (unpaired) electrons. The Hall–Kier alpha value is -5.74. The molecule has 0 N–H and O–H groups in total. The van der Waals surface area contributed by atoms with Gasteiger partial charge in [0.15, 0.2) is 17.5 Å². The van der Waals surface area contributed by atoms with Crippen LogP contribution in [-0.2, 0) is 0 Å². The normalized spacial score (nSPS) is 10.9. The van der Waals surface area contributed by atoms with Crippen LogP contribution < -0.4 is 0 Å². The monoisotopic (exact) mass is 538 g/mol. The van der Waals surface area contributed by atoms with Crippen molar-refractivity contribution < 1.29 is 0 Å². The maximum Gasteiger partial charge on any atom is 0.164 e. The van der Waals surface area contributed by atoms with Gasteiger partial charge in [0.1, 0.15) is 0 Å². The lowest BCUT2D eigenvalue weighted by Gasteiger charge is -2.10. The zero-order chi connectivity index (χ0) is 28.1. The first-order chi connectivity index (χ1) is 20.8. The topological polar surface area (TPSA) is 51.6 Å². The number of rotatable bonds is 6. The summed E-state index contributed by atoms with van der Waals surface area (Å²) in [5.41, 5.74) is 9.66. The SMILES string of the molecule is c1ccc(-c2ccc(-c3nc(-c4ccccc4)nc(-c4ccc(-c5cccc(-c6cccnc6)c5)cc4)n3)cc2)cc1. The number of aromatic nitrogens is 4. The fourth-order valence-corrected chi connectivity index (χ4v) is 5.02. The molecule has 5 aromatic carbocycles. The van der Waals surface area contributed by atoms with E-state index in [9.17, 15) is 0 Å². The molecule has 0 aliphatic heterocycles. The van der Waals surface area contributed by atoms with Crippen molar-refractivity contribution in [2.45, 2.75) is 0 Å². The number of benzene rings is 5. The smallest absolute Gasteiger partial charge is 0.164 e. The van der Waals surface area contributed by atoms with Gasteiger partial charge in [-0.3, -0.25) is 4.98 Å². The molecule has 198 valence electrons. The summed E-state index contributed by atoms with van der Waals surface area (Å²) in [7, 11) is 0. The average Bonchev–Trinajstić information content (AvgIpc) is 3.09. The van der Waals surface area contributed by atoms with Crippen molar-refractivity contribution in [1.82, 2.24) is 19.9 Å². The minimum Gasteiger partial charge on any atom is -0.264 e. The molecule has 0 atom stereocenters. The molecular weight excluding hydrogens is 512 g/mol. The van der Waals surface area contributed by atoms with Gasteiger partial charge in [-0.05, 0) is 39.9 Å². The highest BCUT2D eigenvalue weighted by molar-refractivity contribution is 5.75. The Balaban J connectivity index is 1.25. The lowest BCUT2D eigenvalue weighted by atomic mass is 9.99. The third-order valence-electron chi connectivity index (χ3n) is 7.25. The summed E-state index contributed by atoms with van der Waals surface area (Å²) in [6.07, 6.45) is 3.68. The van der Waals surface area contributed by atoms with E-state index in [0.29, 0.717) is 17.5 Å².